The van der Waals surface area contributed by atoms with Crippen LogP contribution in [0, 0.1) is 0 Å². The molecule has 126 valence electrons. The Morgan fingerprint density at radius 3 is 2.27 bits per heavy atom. The minimum Gasteiger partial charge on any atom is -0.494 e. The lowest BCUT2D eigenvalue weighted by atomic mass is 10.2. The van der Waals surface area contributed by atoms with E-state index >= 15 is 0 Å². The molecule has 0 amide bonds. The lowest BCUT2D eigenvalue weighted by Gasteiger charge is -2.10. The van der Waals surface area contributed by atoms with E-state index in [0.29, 0.717) is 12.1 Å². The first-order valence-electron chi connectivity index (χ1n) is 8.60. The molecule has 2 nitrogen and oxygen atoms in total. The second-order valence-electron chi connectivity index (χ2n) is 6.16. The summed E-state index contributed by atoms with van der Waals surface area (Å²) in [6, 6.07) is 9.29. The third-order valence-electron chi connectivity index (χ3n) is 3.03. The highest BCUT2D eigenvalue weighted by Gasteiger charge is 1.94. The summed E-state index contributed by atoms with van der Waals surface area (Å²) < 4.78 is 5.65. The molecular formula is C20H35NO. The van der Waals surface area contributed by atoms with Crippen molar-refractivity contribution in [3.05, 3.63) is 36.4 Å². The molecule has 0 fully saturated rings. The zero-order valence-corrected chi connectivity index (χ0v) is 15.2. The summed E-state index contributed by atoms with van der Waals surface area (Å²) in [5.74, 6) is 0.948. The summed E-state index contributed by atoms with van der Waals surface area (Å²) in [7, 11) is 0. The van der Waals surface area contributed by atoms with Crippen LogP contribution in [0.4, 0.5) is 0 Å². The highest BCUT2D eigenvalue weighted by atomic mass is 16.5. The molecule has 2 heteroatoms. The fourth-order valence-corrected chi connectivity index (χ4v) is 2.12. The largest absolute Gasteiger partial charge is 0.494 e. The molecule has 0 aliphatic rings. The van der Waals surface area contributed by atoms with Crippen molar-refractivity contribution in [1.29, 1.82) is 0 Å². The van der Waals surface area contributed by atoms with E-state index in [2.05, 4.69) is 46.5 Å². The molecule has 0 bridgehead atoms. The lowest BCUT2D eigenvalue weighted by Crippen LogP contribution is -2.29. The van der Waals surface area contributed by atoms with Gasteiger partial charge in [0.25, 0.3) is 0 Å². The van der Waals surface area contributed by atoms with Crippen molar-refractivity contribution >= 4 is 6.08 Å². The van der Waals surface area contributed by atoms with Crippen LogP contribution in [0.15, 0.2) is 30.8 Å². The van der Waals surface area contributed by atoms with Crippen LogP contribution in [-0.4, -0.2) is 18.7 Å². The quantitative estimate of drug-likeness (QED) is 0.592. The number of ether oxygens (including phenoxy) is 1. The summed E-state index contributed by atoms with van der Waals surface area (Å²) >= 11 is 0. The van der Waals surface area contributed by atoms with Crippen molar-refractivity contribution < 1.29 is 4.74 Å². The first-order valence-corrected chi connectivity index (χ1v) is 8.60. The maximum absolute atomic E-state index is 5.65. The van der Waals surface area contributed by atoms with Gasteiger partial charge in [0, 0.05) is 12.1 Å². The topological polar surface area (TPSA) is 21.3 Å². The Balaban J connectivity index is 0.000000534. The predicted octanol–water partition coefficient (Wildman–Crippen LogP) is 5.68. The third kappa shape index (κ3) is 12.5. The van der Waals surface area contributed by atoms with Gasteiger partial charge < -0.3 is 10.1 Å². The molecule has 0 atom stereocenters. The molecule has 0 unspecified atom stereocenters. The number of hydrogen-bond donors (Lipinski definition) is 1. The minimum absolute atomic E-state index is 0.625. The molecule has 1 N–H and O–H groups in total. The van der Waals surface area contributed by atoms with Crippen molar-refractivity contribution in [1.82, 2.24) is 5.32 Å². The van der Waals surface area contributed by atoms with Gasteiger partial charge in [0.2, 0.25) is 0 Å². The molecule has 0 aromatic heterocycles. The smallest absolute Gasteiger partial charge is 0.119 e. The first kappa shape index (κ1) is 20.7. The van der Waals surface area contributed by atoms with Crippen LogP contribution < -0.4 is 10.1 Å². The van der Waals surface area contributed by atoms with Crippen molar-refractivity contribution in [2.75, 3.05) is 6.61 Å². The molecule has 0 radical (unpaired) electrons. The van der Waals surface area contributed by atoms with Crippen LogP contribution in [0.1, 0.15) is 65.9 Å². The second kappa shape index (κ2) is 13.4. The van der Waals surface area contributed by atoms with Gasteiger partial charge in [-0.2, -0.15) is 0 Å². The molecule has 1 rings (SSSR count). The van der Waals surface area contributed by atoms with Crippen LogP contribution in [0.25, 0.3) is 6.08 Å². The normalized spacial score (nSPS) is 10.3. The predicted molar refractivity (Wildman–Crippen MR) is 99.6 cm³/mol. The molecule has 22 heavy (non-hydrogen) atoms. The van der Waals surface area contributed by atoms with Crippen LogP contribution in [0.2, 0.25) is 0 Å². The van der Waals surface area contributed by atoms with Gasteiger partial charge in [-0.3, -0.25) is 0 Å². The number of nitrogens with one attached hydrogen (secondary N) is 1. The molecule has 0 heterocycles. The molecule has 0 aliphatic heterocycles. The molecule has 1 aromatic rings. The molecular weight excluding hydrogens is 270 g/mol. The van der Waals surface area contributed by atoms with Gasteiger partial charge >= 0.3 is 0 Å². The summed E-state index contributed by atoms with van der Waals surface area (Å²) in [6.07, 6.45) is 6.82. The Labute approximate surface area is 138 Å². The van der Waals surface area contributed by atoms with Gasteiger partial charge in [0.1, 0.15) is 5.75 Å². The Bertz CT molecular complexity index is 379. The Hall–Kier alpha value is -1.28. The molecule has 1 aromatic carbocycles. The van der Waals surface area contributed by atoms with E-state index in [0.717, 1.165) is 24.3 Å². The van der Waals surface area contributed by atoms with Crippen LogP contribution in [0.5, 0.6) is 5.75 Å². The summed E-state index contributed by atoms with van der Waals surface area (Å²) in [5, 5.41) is 3.31. The molecule has 0 spiro atoms. The van der Waals surface area contributed by atoms with E-state index < -0.39 is 0 Å². The van der Waals surface area contributed by atoms with E-state index in [4.69, 9.17) is 4.74 Å². The highest BCUT2D eigenvalue weighted by Crippen LogP contribution is 2.14. The third-order valence-corrected chi connectivity index (χ3v) is 3.03. The number of unbranched alkanes of at least 4 members (excludes halogenated alkanes) is 3. The van der Waals surface area contributed by atoms with Gasteiger partial charge in [-0.1, -0.05) is 78.7 Å². The number of rotatable bonds is 9. The standard InChI is InChI=1S/C14H20O.C6H15N/c1-3-5-6-7-11-15-14-10-8-9-13(4-2)12-14;1-5(2)7-6(3)4/h4,8-10,12H,2-3,5-7,11H2,1H3;5-7H,1-4H3. The summed E-state index contributed by atoms with van der Waals surface area (Å²) in [6.45, 7) is 15.4. The van der Waals surface area contributed by atoms with Crippen molar-refractivity contribution in [2.45, 2.75) is 72.4 Å². The van der Waals surface area contributed by atoms with Crippen LogP contribution in [0.3, 0.4) is 0 Å². The summed E-state index contributed by atoms with van der Waals surface area (Å²) in [5.41, 5.74) is 1.11. The van der Waals surface area contributed by atoms with Gasteiger partial charge in [-0.15, -0.1) is 0 Å². The number of hydrogen-bond acceptors (Lipinski definition) is 2. The van der Waals surface area contributed by atoms with Crippen LogP contribution in [-0.2, 0) is 0 Å². The van der Waals surface area contributed by atoms with Gasteiger partial charge in [0.05, 0.1) is 6.61 Å². The minimum atomic E-state index is 0.625. The SMILES string of the molecule is C=Cc1cccc(OCCCCCC)c1.CC(C)NC(C)C. The maximum Gasteiger partial charge on any atom is 0.119 e. The van der Waals surface area contributed by atoms with E-state index in [-0.39, 0.29) is 0 Å². The molecule has 0 saturated carbocycles. The Kier molecular flexibility index (Phi) is 12.6. The summed E-state index contributed by atoms with van der Waals surface area (Å²) in [4.78, 5) is 0. The average molecular weight is 306 g/mol. The zero-order chi connectivity index (χ0) is 16.8. The molecule has 0 aliphatic carbocycles. The van der Waals surface area contributed by atoms with Crippen LogP contribution >= 0.6 is 0 Å². The van der Waals surface area contributed by atoms with Gasteiger partial charge in [0.15, 0.2) is 0 Å². The molecule has 0 saturated heterocycles. The van der Waals surface area contributed by atoms with Gasteiger partial charge in [-0.25, -0.2) is 0 Å². The maximum atomic E-state index is 5.65. The monoisotopic (exact) mass is 305 g/mol. The lowest BCUT2D eigenvalue weighted by molar-refractivity contribution is 0.305. The van der Waals surface area contributed by atoms with Crippen molar-refractivity contribution in [3.8, 4) is 5.75 Å². The van der Waals surface area contributed by atoms with E-state index in [9.17, 15) is 0 Å². The fraction of sp³-hybridized carbons (Fsp3) is 0.600. The van der Waals surface area contributed by atoms with Crippen molar-refractivity contribution in [3.63, 3.8) is 0 Å². The Morgan fingerprint density at radius 2 is 1.77 bits per heavy atom. The van der Waals surface area contributed by atoms with E-state index in [1.54, 1.807) is 0 Å². The average Bonchev–Trinajstić information content (AvgIpc) is 2.46. The fourth-order valence-electron chi connectivity index (χ4n) is 2.12. The van der Waals surface area contributed by atoms with E-state index in [1.165, 1.54) is 19.3 Å². The first-order chi connectivity index (χ1) is 10.5. The zero-order valence-electron chi connectivity index (χ0n) is 15.2. The number of benzene rings is 1. The highest BCUT2D eigenvalue weighted by molar-refractivity contribution is 5.49. The van der Waals surface area contributed by atoms with Crippen molar-refractivity contribution in [2.24, 2.45) is 0 Å². The Morgan fingerprint density at radius 1 is 1.09 bits per heavy atom. The van der Waals surface area contributed by atoms with Gasteiger partial charge in [-0.05, 0) is 24.1 Å². The van der Waals surface area contributed by atoms with E-state index in [1.807, 2.05) is 30.3 Å². The second-order valence-corrected chi connectivity index (χ2v) is 6.16.